The monoisotopic (exact) mass is 590 g/mol. The summed E-state index contributed by atoms with van der Waals surface area (Å²) in [6.07, 6.45) is 10.6. The molecule has 4 rings (SSSR count). The van der Waals surface area contributed by atoms with Crippen LogP contribution in [0.1, 0.15) is 155 Å². The first-order valence-corrected chi connectivity index (χ1v) is 15.4. The second kappa shape index (κ2) is 13.9. The van der Waals surface area contributed by atoms with Crippen LogP contribution in [-0.2, 0) is 0 Å². The van der Waals surface area contributed by atoms with Gasteiger partial charge in [0.2, 0.25) is 0 Å². The van der Waals surface area contributed by atoms with Gasteiger partial charge in [0.15, 0.2) is 0 Å². The Balaban J connectivity index is 1.92. The number of amides is 4. The number of benzene rings is 2. The van der Waals surface area contributed by atoms with Crippen molar-refractivity contribution in [2.45, 2.75) is 90.9 Å². The lowest BCUT2D eigenvalue weighted by molar-refractivity contribution is 0.0585. The molecular formula is C34H34N6O4. The normalized spacial score (nSPS) is 13.6. The van der Waals surface area contributed by atoms with Crippen LogP contribution in [0, 0.1) is 45.3 Å². The highest BCUT2D eigenvalue weighted by molar-refractivity contribution is 6.36. The topological polar surface area (TPSA) is 170 Å². The molecule has 0 N–H and O–H groups in total. The molecule has 0 bridgehead atoms. The highest BCUT2D eigenvalue weighted by atomic mass is 16.2. The van der Waals surface area contributed by atoms with E-state index in [0.717, 1.165) is 74.0 Å². The number of imide groups is 2. The lowest BCUT2D eigenvalue weighted by atomic mass is 9.77. The van der Waals surface area contributed by atoms with Crippen molar-refractivity contribution in [1.82, 2.24) is 9.80 Å². The summed E-state index contributed by atoms with van der Waals surface area (Å²) >= 11 is 0. The Bertz CT molecular complexity index is 1500. The first-order chi connectivity index (χ1) is 21.3. The summed E-state index contributed by atoms with van der Waals surface area (Å²) in [5, 5.41) is 40.5. The molecule has 0 spiro atoms. The number of hydrogen-bond donors (Lipinski definition) is 0. The average molecular weight is 591 g/mol. The molecule has 0 aliphatic carbocycles. The SMILES string of the molecule is CCCCCCCCN1C(=O)c2c(C#N)c(C#N)c3c4c(c(C#N)c(C#N)c(c24)C1=O)C(=O)N(CCCCCCCC)C3=O. The van der Waals surface area contributed by atoms with E-state index >= 15 is 0 Å². The zero-order chi connectivity index (χ0) is 32.0. The second-order valence-corrected chi connectivity index (χ2v) is 11.3. The Hall–Kier alpha value is -5.06. The molecule has 10 heteroatoms. The molecule has 0 saturated heterocycles. The van der Waals surface area contributed by atoms with Crippen molar-refractivity contribution in [3.8, 4) is 24.3 Å². The summed E-state index contributed by atoms with van der Waals surface area (Å²) in [5.41, 5.74) is -2.73. The molecule has 2 aromatic carbocycles. The van der Waals surface area contributed by atoms with Gasteiger partial charge < -0.3 is 0 Å². The largest absolute Gasteiger partial charge is 0.274 e. The van der Waals surface area contributed by atoms with Crippen LogP contribution in [0.25, 0.3) is 10.8 Å². The Morgan fingerprint density at radius 3 is 0.932 bits per heavy atom. The van der Waals surface area contributed by atoms with Gasteiger partial charge in [-0.05, 0) is 12.8 Å². The summed E-state index contributed by atoms with van der Waals surface area (Å²) in [5.74, 6) is -3.32. The highest BCUT2D eigenvalue weighted by Gasteiger charge is 2.46. The number of nitriles is 4. The second-order valence-electron chi connectivity index (χ2n) is 11.3. The van der Waals surface area contributed by atoms with E-state index in [9.17, 15) is 40.2 Å². The Morgan fingerprint density at radius 2 is 0.682 bits per heavy atom. The third-order valence-electron chi connectivity index (χ3n) is 8.50. The van der Waals surface area contributed by atoms with Crippen LogP contribution in [0.2, 0.25) is 0 Å². The number of carbonyl (C=O) groups excluding carboxylic acids is 4. The first kappa shape index (κ1) is 31.9. The third kappa shape index (κ3) is 5.29. The molecule has 224 valence electrons. The van der Waals surface area contributed by atoms with E-state index in [-0.39, 0.29) is 68.4 Å². The lowest BCUT2D eigenvalue weighted by Gasteiger charge is -2.34. The van der Waals surface area contributed by atoms with Gasteiger partial charge in [-0.25, -0.2) is 0 Å². The van der Waals surface area contributed by atoms with Crippen LogP contribution in [0.5, 0.6) is 0 Å². The highest BCUT2D eigenvalue weighted by Crippen LogP contribution is 2.44. The average Bonchev–Trinajstić information content (AvgIpc) is 3.03. The molecule has 0 unspecified atom stereocenters. The van der Waals surface area contributed by atoms with Gasteiger partial charge in [0.1, 0.15) is 24.3 Å². The van der Waals surface area contributed by atoms with Crippen molar-refractivity contribution in [2.24, 2.45) is 0 Å². The zero-order valence-electron chi connectivity index (χ0n) is 25.2. The molecule has 0 saturated carbocycles. The van der Waals surface area contributed by atoms with Gasteiger partial charge in [-0.3, -0.25) is 29.0 Å². The third-order valence-corrected chi connectivity index (χ3v) is 8.50. The van der Waals surface area contributed by atoms with Crippen molar-refractivity contribution in [3.05, 3.63) is 44.5 Å². The van der Waals surface area contributed by atoms with E-state index in [4.69, 9.17) is 0 Å². The van der Waals surface area contributed by atoms with Gasteiger partial charge >= 0.3 is 0 Å². The summed E-state index contributed by atoms with van der Waals surface area (Å²) in [6, 6.07) is 7.57. The Morgan fingerprint density at radius 1 is 0.432 bits per heavy atom. The number of nitrogens with zero attached hydrogens (tertiary/aromatic N) is 6. The fourth-order valence-electron chi connectivity index (χ4n) is 6.28. The molecule has 2 aliphatic heterocycles. The quantitative estimate of drug-likeness (QED) is 0.184. The van der Waals surface area contributed by atoms with Crippen molar-refractivity contribution >= 4 is 34.4 Å². The Labute approximate surface area is 257 Å². The van der Waals surface area contributed by atoms with Crippen LogP contribution >= 0.6 is 0 Å². The molecule has 0 atom stereocenters. The maximum atomic E-state index is 13.9. The molecule has 0 aromatic heterocycles. The number of unbranched alkanes of at least 4 members (excludes halogenated alkanes) is 10. The maximum Gasteiger partial charge on any atom is 0.262 e. The van der Waals surface area contributed by atoms with Gasteiger partial charge in [0, 0.05) is 23.9 Å². The predicted molar refractivity (Wildman–Crippen MR) is 160 cm³/mol. The molecule has 44 heavy (non-hydrogen) atoms. The zero-order valence-corrected chi connectivity index (χ0v) is 25.2. The molecule has 0 fully saturated rings. The predicted octanol–water partition coefficient (Wildman–Crippen LogP) is 6.24. The fourth-order valence-corrected chi connectivity index (χ4v) is 6.28. The molecule has 10 nitrogen and oxygen atoms in total. The van der Waals surface area contributed by atoms with Gasteiger partial charge in [-0.1, -0.05) is 78.1 Å². The van der Waals surface area contributed by atoms with Crippen LogP contribution < -0.4 is 0 Å². The van der Waals surface area contributed by atoms with Gasteiger partial charge in [0.05, 0.1) is 44.5 Å². The van der Waals surface area contributed by atoms with E-state index in [2.05, 4.69) is 13.8 Å². The summed E-state index contributed by atoms with van der Waals surface area (Å²) in [6.45, 7) is 4.21. The van der Waals surface area contributed by atoms with E-state index in [0.29, 0.717) is 12.8 Å². The summed E-state index contributed by atoms with van der Waals surface area (Å²) in [4.78, 5) is 57.5. The van der Waals surface area contributed by atoms with E-state index in [1.54, 1.807) is 0 Å². The molecule has 2 heterocycles. The standard InChI is InChI=1S/C34H34N6O4/c1-3-5-7-9-11-13-15-39-31(41)25-21(17-35)23(19-37)27-30-28(24(20-38)22(18-36)26(29(25)30)32(39)42)34(44)40(33(27)43)16-14-12-10-8-6-4-2/h3-16H2,1-2H3. The minimum atomic E-state index is -0.829. The van der Waals surface area contributed by atoms with Crippen LogP contribution in [0.15, 0.2) is 0 Å². The fraction of sp³-hybridized carbons (Fsp3) is 0.471. The van der Waals surface area contributed by atoms with Crippen LogP contribution in [-0.4, -0.2) is 46.5 Å². The summed E-state index contributed by atoms with van der Waals surface area (Å²) < 4.78 is 0. The van der Waals surface area contributed by atoms with Crippen molar-refractivity contribution in [2.75, 3.05) is 13.1 Å². The van der Waals surface area contributed by atoms with Crippen molar-refractivity contribution in [3.63, 3.8) is 0 Å². The van der Waals surface area contributed by atoms with Gasteiger partial charge in [0.25, 0.3) is 23.6 Å². The number of rotatable bonds is 14. The van der Waals surface area contributed by atoms with Crippen molar-refractivity contribution in [1.29, 1.82) is 21.0 Å². The van der Waals surface area contributed by atoms with Crippen LogP contribution in [0.4, 0.5) is 0 Å². The molecule has 2 aromatic rings. The van der Waals surface area contributed by atoms with Crippen LogP contribution in [0.3, 0.4) is 0 Å². The van der Waals surface area contributed by atoms with E-state index < -0.39 is 23.6 Å². The van der Waals surface area contributed by atoms with Crippen molar-refractivity contribution < 1.29 is 19.2 Å². The smallest absolute Gasteiger partial charge is 0.262 e. The first-order valence-electron chi connectivity index (χ1n) is 15.4. The lowest BCUT2D eigenvalue weighted by Crippen LogP contribution is -2.45. The number of hydrogen-bond acceptors (Lipinski definition) is 8. The minimum Gasteiger partial charge on any atom is -0.274 e. The van der Waals surface area contributed by atoms with Gasteiger partial charge in [-0.2, -0.15) is 21.0 Å². The van der Waals surface area contributed by atoms with E-state index in [1.807, 2.05) is 24.3 Å². The van der Waals surface area contributed by atoms with Gasteiger partial charge in [-0.15, -0.1) is 0 Å². The maximum absolute atomic E-state index is 13.9. The number of carbonyl (C=O) groups is 4. The Kier molecular flexibility index (Phi) is 10.1. The molecular weight excluding hydrogens is 556 g/mol. The molecule has 4 amide bonds. The molecule has 0 radical (unpaired) electrons. The minimum absolute atomic E-state index is 0.0115. The molecule has 2 aliphatic rings. The summed E-state index contributed by atoms with van der Waals surface area (Å²) in [7, 11) is 0. The van der Waals surface area contributed by atoms with E-state index in [1.165, 1.54) is 0 Å².